The summed E-state index contributed by atoms with van der Waals surface area (Å²) in [4.78, 5) is 4.35. The molecule has 1 aliphatic carbocycles. The predicted molar refractivity (Wildman–Crippen MR) is 130 cm³/mol. The minimum atomic E-state index is 0. The molecule has 0 bridgehead atoms. The number of aromatic nitrogens is 3. The first-order valence-corrected chi connectivity index (χ1v) is 10.9. The number of aliphatic imine (C=N–C) groups is 1. The van der Waals surface area contributed by atoms with Crippen LogP contribution < -0.4 is 15.4 Å². The van der Waals surface area contributed by atoms with Gasteiger partial charge in [0.25, 0.3) is 0 Å². The quantitative estimate of drug-likeness (QED) is 0.315. The molecule has 0 amide bonds. The summed E-state index contributed by atoms with van der Waals surface area (Å²) in [5.74, 6) is 4.72. The predicted octanol–water partition coefficient (Wildman–Crippen LogP) is 3.32. The maximum atomic E-state index is 6.00. The third kappa shape index (κ3) is 6.33. The summed E-state index contributed by atoms with van der Waals surface area (Å²) in [5, 5.41) is 15.6. The second-order valence-corrected chi connectivity index (χ2v) is 7.96. The summed E-state index contributed by atoms with van der Waals surface area (Å²) < 4.78 is 8.31. The van der Waals surface area contributed by atoms with Crippen LogP contribution in [0.1, 0.15) is 49.3 Å². The van der Waals surface area contributed by atoms with Gasteiger partial charge in [-0.2, -0.15) is 0 Å². The average Bonchev–Trinajstić information content (AvgIpc) is 3.54. The van der Waals surface area contributed by atoms with Crippen molar-refractivity contribution in [2.45, 2.75) is 58.0 Å². The van der Waals surface area contributed by atoms with E-state index < -0.39 is 0 Å². The van der Waals surface area contributed by atoms with Crippen molar-refractivity contribution in [1.29, 1.82) is 0 Å². The summed E-state index contributed by atoms with van der Waals surface area (Å²) in [7, 11) is 1.80. The molecule has 0 unspecified atom stereocenters. The Morgan fingerprint density at radius 2 is 2.03 bits per heavy atom. The molecule has 2 aromatic rings. The van der Waals surface area contributed by atoms with Crippen LogP contribution in [0.25, 0.3) is 0 Å². The van der Waals surface area contributed by atoms with E-state index in [2.05, 4.69) is 36.5 Å². The van der Waals surface area contributed by atoms with Gasteiger partial charge < -0.3 is 19.9 Å². The first-order chi connectivity index (χ1) is 14.3. The van der Waals surface area contributed by atoms with Crippen molar-refractivity contribution in [1.82, 2.24) is 25.4 Å². The normalized spacial score (nSPS) is 16.2. The molecule has 0 atom stereocenters. The SMILES string of the molecule is CN=C(NCCc1nnc2n1CCCCC2)NCc1ccccc1OCC1CC1.I. The van der Waals surface area contributed by atoms with Crippen LogP contribution in [0.4, 0.5) is 0 Å². The van der Waals surface area contributed by atoms with Gasteiger partial charge in [0.05, 0.1) is 6.61 Å². The number of para-hydroxylation sites is 1. The number of guanidine groups is 1. The van der Waals surface area contributed by atoms with Gasteiger partial charge in [-0.1, -0.05) is 24.6 Å². The molecule has 8 heteroatoms. The highest BCUT2D eigenvalue weighted by Gasteiger charge is 2.22. The van der Waals surface area contributed by atoms with Gasteiger partial charge in [-0.15, -0.1) is 34.2 Å². The number of halogens is 1. The van der Waals surface area contributed by atoms with Crippen LogP contribution in [-0.4, -0.2) is 40.9 Å². The number of nitrogens with one attached hydrogen (secondary N) is 2. The van der Waals surface area contributed by atoms with E-state index in [4.69, 9.17) is 4.74 Å². The van der Waals surface area contributed by atoms with Crippen LogP contribution >= 0.6 is 24.0 Å². The monoisotopic (exact) mass is 524 g/mol. The fourth-order valence-electron chi connectivity index (χ4n) is 3.71. The van der Waals surface area contributed by atoms with Crippen molar-refractivity contribution in [3.05, 3.63) is 41.5 Å². The summed E-state index contributed by atoms with van der Waals surface area (Å²) in [5.41, 5.74) is 1.15. The molecule has 2 heterocycles. The first kappa shape index (κ1) is 22.8. The molecule has 0 radical (unpaired) electrons. The van der Waals surface area contributed by atoms with Gasteiger partial charge in [0, 0.05) is 45.1 Å². The number of hydrogen-bond donors (Lipinski definition) is 2. The van der Waals surface area contributed by atoms with Crippen LogP contribution in [0.15, 0.2) is 29.3 Å². The van der Waals surface area contributed by atoms with E-state index in [0.29, 0.717) is 6.54 Å². The van der Waals surface area contributed by atoms with Crippen LogP contribution in [0, 0.1) is 5.92 Å². The fourth-order valence-corrected chi connectivity index (χ4v) is 3.71. The summed E-state index contributed by atoms with van der Waals surface area (Å²) in [6.07, 6.45) is 8.21. The lowest BCUT2D eigenvalue weighted by Crippen LogP contribution is -2.38. The highest BCUT2D eigenvalue weighted by Crippen LogP contribution is 2.30. The van der Waals surface area contributed by atoms with Crippen molar-refractivity contribution in [2.24, 2.45) is 10.9 Å². The first-order valence-electron chi connectivity index (χ1n) is 10.9. The highest BCUT2D eigenvalue weighted by molar-refractivity contribution is 14.0. The minimum Gasteiger partial charge on any atom is -0.493 e. The third-order valence-corrected chi connectivity index (χ3v) is 5.64. The maximum absolute atomic E-state index is 6.00. The molecule has 1 aliphatic heterocycles. The zero-order valence-electron chi connectivity index (χ0n) is 17.8. The van der Waals surface area contributed by atoms with Crippen LogP contribution in [-0.2, 0) is 25.9 Å². The summed E-state index contributed by atoms with van der Waals surface area (Å²) >= 11 is 0. The van der Waals surface area contributed by atoms with Crippen molar-refractivity contribution in [3.63, 3.8) is 0 Å². The van der Waals surface area contributed by atoms with Gasteiger partial charge in [0.1, 0.15) is 17.4 Å². The zero-order chi connectivity index (χ0) is 19.9. The molecule has 30 heavy (non-hydrogen) atoms. The average molecular weight is 524 g/mol. The number of hydrogen-bond acceptors (Lipinski definition) is 4. The van der Waals surface area contributed by atoms with Gasteiger partial charge in [-0.3, -0.25) is 4.99 Å². The second kappa shape index (κ2) is 11.5. The molecule has 0 spiro atoms. The fraction of sp³-hybridized carbons (Fsp3) is 0.591. The van der Waals surface area contributed by atoms with Gasteiger partial charge in [0.15, 0.2) is 5.96 Å². The van der Waals surface area contributed by atoms with E-state index in [0.717, 1.165) is 67.4 Å². The smallest absolute Gasteiger partial charge is 0.191 e. The lowest BCUT2D eigenvalue weighted by Gasteiger charge is -2.15. The van der Waals surface area contributed by atoms with Crippen molar-refractivity contribution in [3.8, 4) is 5.75 Å². The van der Waals surface area contributed by atoms with Crippen molar-refractivity contribution in [2.75, 3.05) is 20.2 Å². The molecule has 1 aromatic carbocycles. The van der Waals surface area contributed by atoms with Gasteiger partial charge in [-0.05, 0) is 37.7 Å². The van der Waals surface area contributed by atoms with Crippen LogP contribution in [0.3, 0.4) is 0 Å². The molecule has 1 aromatic heterocycles. The third-order valence-electron chi connectivity index (χ3n) is 5.64. The molecule has 7 nitrogen and oxygen atoms in total. The molecule has 2 aliphatic rings. The molecule has 0 saturated heterocycles. The molecular formula is C22H33IN6O. The van der Waals surface area contributed by atoms with Gasteiger partial charge in [-0.25, -0.2) is 0 Å². The standard InChI is InChI=1S/C22H32N6O.HI/c1-23-22(24-13-12-21-27-26-20-9-3-2-6-14-28(20)21)25-15-18-7-4-5-8-19(18)29-16-17-10-11-17;/h4-5,7-8,17H,2-3,6,9-16H2,1H3,(H2,23,24,25);1H. The molecule has 4 rings (SSSR count). The number of benzene rings is 1. The van der Waals surface area contributed by atoms with E-state index >= 15 is 0 Å². The summed E-state index contributed by atoms with van der Waals surface area (Å²) in [6.45, 7) is 3.33. The van der Waals surface area contributed by atoms with E-state index in [1.165, 1.54) is 32.1 Å². The molecule has 1 saturated carbocycles. The molecule has 1 fully saturated rings. The maximum Gasteiger partial charge on any atom is 0.191 e. The largest absolute Gasteiger partial charge is 0.493 e. The Balaban J connectivity index is 0.00000256. The Hall–Kier alpha value is -1.84. The van der Waals surface area contributed by atoms with E-state index in [1.54, 1.807) is 7.05 Å². The van der Waals surface area contributed by atoms with Gasteiger partial charge >= 0.3 is 0 Å². The Bertz CT molecular complexity index is 833. The van der Waals surface area contributed by atoms with Crippen LogP contribution in [0.5, 0.6) is 5.75 Å². The van der Waals surface area contributed by atoms with Gasteiger partial charge in [0.2, 0.25) is 0 Å². The topological polar surface area (TPSA) is 76.4 Å². The number of fused-ring (bicyclic) bond motifs is 1. The number of aryl methyl sites for hydroxylation is 1. The number of nitrogens with zero attached hydrogens (tertiary/aromatic N) is 4. The number of rotatable bonds is 8. The number of ether oxygens (including phenoxy) is 1. The lowest BCUT2D eigenvalue weighted by atomic mass is 10.2. The zero-order valence-corrected chi connectivity index (χ0v) is 20.1. The molecule has 164 valence electrons. The molecule has 2 N–H and O–H groups in total. The van der Waals surface area contributed by atoms with E-state index in [1.807, 2.05) is 18.2 Å². The Morgan fingerprint density at radius 1 is 1.17 bits per heavy atom. The minimum absolute atomic E-state index is 0. The summed E-state index contributed by atoms with van der Waals surface area (Å²) in [6, 6.07) is 8.23. The Kier molecular flexibility index (Phi) is 8.77. The second-order valence-electron chi connectivity index (χ2n) is 7.96. The molecular weight excluding hydrogens is 491 g/mol. The van der Waals surface area contributed by atoms with Crippen molar-refractivity contribution < 1.29 is 4.74 Å². The van der Waals surface area contributed by atoms with E-state index in [9.17, 15) is 0 Å². The van der Waals surface area contributed by atoms with Crippen molar-refractivity contribution >= 4 is 29.9 Å². The Morgan fingerprint density at radius 3 is 2.87 bits per heavy atom. The van der Waals surface area contributed by atoms with E-state index in [-0.39, 0.29) is 24.0 Å². The Labute approximate surface area is 196 Å². The highest BCUT2D eigenvalue weighted by atomic mass is 127. The lowest BCUT2D eigenvalue weighted by molar-refractivity contribution is 0.296. The van der Waals surface area contributed by atoms with Crippen LogP contribution in [0.2, 0.25) is 0 Å².